The van der Waals surface area contributed by atoms with Crippen molar-refractivity contribution >= 4 is 11.8 Å². The van der Waals surface area contributed by atoms with Crippen LogP contribution in [0.15, 0.2) is 30.3 Å². The van der Waals surface area contributed by atoms with Gasteiger partial charge in [0, 0.05) is 5.69 Å². The molecule has 5 rings (SSSR count). The number of rotatable bonds is 2. The minimum atomic E-state index is -0.510. The molecule has 0 aromatic heterocycles. The van der Waals surface area contributed by atoms with E-state index in [1.54, 1.807) is 0 Å². The van der Waals surface area contributed by atoms with Crippen LogP contribution in [0.3, 0.4) is 0 Å². The molecule has 1 aromatic carbocycles. The number of benzene rings is 1. The molecule has 0 radical (unpaired) electrons. The van der Waals surface area contributed by atoms with Crippen LogP contribution in [0.2, 0.25) is 0 Å². The summed E-state index contributed by atoms with van der Waals surface area (Å²) in [7, 11) is 0. The summed E-state index contributed by atoms with van der Waals surface area (Å²) in [4.78, 5) is 12.7. The maximum Gasteiger partial charge on any atom is 0.411 e. The van der Waals surface area contributed by atoms with Gasteiger partial charge in [-0.2, -0.15) is 0 Å². The van der Waals surface area contributed by atoms with Crippen molar-refractivity contribution in [3.63, 3.8) is 0 Å². The molecule has 0 heterocycles. The third-order valence-corrected chi connectivity index (χ3v) is 10.3. The van der Waals surface area contributed by atoms with Gasteiger partial charge in [0.2, 0.25) is 0 Å². The minimum Gasteiger partial charge on any atom is -0.446 e. The lowest BCUT2D eigenvalue weighted by atomic mass is 9.39. The second-order valence-corrected chi connectivity index (χ2v) is 12.3. The lowest BCUT2D eigenvalue weighted by Crippen LogP contribution is -2.61. The Morgan fingerprint density at radius 2 is 1.74 bits per heavy atom. The van der Waals surface area contributed by atoms with Crippen molar-refractivity contribution < 1.29 is 14.6 Å². The molecular weight excluding hydrogens is 386 g/mol. The summed E-state index contributed by atoms with van der Waals surface area (Å²) >= 11 is 0. The summed E-state index contributed by atoms with van der Waals surface area (Å²) in [5.41, 5.74) is 0.849. The van der Waals surface area contributed by atoms with E-state index in [2.05, 4.69) is 33.0 Å². The van der Waals surface area contributed by atoms with E-state index in [9.17, 15) is 9.90 Å². The Labute approximate surface area is 187 Å². The summed E-state index contributed by atoms with van der Waals surface area (Å²) in [5.74, 6) is 1.78. The monoisotopic (exact) mass is 425 g/mol. The first kappa shape index (κ1) is 21.3. The Bertz CT molecular complexity index is 849. The molecule has 4 nitrogen and oxygen atoms in total. The number of carbonyl (C=O) groups is 1. The normalized spacial score (nSPS) is 45.3. The molecule has 31 heavy (non-hydrogen) atoms. The van der Waals surface area contributed by atoms with Gasteiger partial charge in [-0.25, -0.2) is 4.79 Å². The van der Waals surface area contributed by atoms with Gasteiger partial charge >= 0.3 is 6.09 Å². The van der Waals surface area contributed by atoms with Crippen molar-refractivity contribution in [2.45, 2.75) is 90.8 Å². The van der Waals surface area contributed by atoms with Crippen LogP contribution in [0.4, 0.5) is 10.5 Å². The zero-order chi connectivity index (χ0) is 22.1. The molecule has 1 amide bonds. The highest BCUT2D eigenvalue weighted by Crippen LogP contribution is 2.75. The fourth-order valence-electron chi connectivity index (χ4n) is 8.91. The lowest BCUT2D eigenvalue weighted by molar-refractivity contribution is -0.193. The average Bonchev–Trinajstić information content (AvgIpc) is 3.03. The Balaban J connectivity index is 1.40. The molecule has 2 N–H and O–H groups in total. The van der Waals surface area contributed by atoms with Gasteiger partial charge < -0.3 is 9.84 Å². The summed E-state index contributed by atoms with van der Waals surface area (Å²) in [6.45, 7) is 9.36. The number of amides is 1. The van der Waals surface area contributed by atoms with Gasteiger partial charge in [-0.3, -0.25) is 5.32 Å². The number of fused-ring (bicyclic) bond motifs is 2. The van der Waals surface area contributed by atoms with Gasteiger partial charge in [0.1, 0.15) is 6.10 Å². The predicted molar refractivity (Wildman–Crippen MR) is 123 cm³/mol. The number of hydrogen-bond acceptors (Lipinski definition) is 3. The summed E-state index contributed by atoms with van der Waals surface area (Å²) in [5, 5.41) is 13.9. The van der Waals surface area contributed by atoms with E-state index in [4.69, 9.17) is 4.74 Å². The van der Waals surface area contributed by atoms with Crippen molar-refractivity contribution in [2.75, 3.05) is 5.32 Å². The minimum absolute atomic E-state index is 0.0606. The van der Waals surface area contributed by atoms with Crippen molar-refractivity contribution in [2.24, 2.45) is 34.0 Å². The fraction of sp³-hybridized carbons (Fsp3) is 0.741. The summed E-state index contributed by atoms with van der Waals surface area (Å²) < 4.78 is 6.07. The number of hydrogen-bond donors (Lipinski definition) is 2. The van der Waals surface area contributed by atoms with Gasteiger partial charge in [0.15, 0.2) is 0 Å². The Hall–Kier alpha value is -1.55. The zero-order valence-electron chi connectivity index (χ0n) is 19.6. The molecule has 1 spiro atoms. The smallest absolute Gasteiger partial charge is 0.411 e. The zero-order valence-corrected chi connectivity index (χ0v) is 19.6. The quantitative estimate of drug-likeness (QED) is 0.576. The molecule has 4 aliphatic carbocycles. The van der Waals surface area contributed by atoms with Gasteiger partial charge in [0.05, 0.1) is 5.60 Å². The number of carbonyl (C=O) groups excluding carboxylic acids is 1. The van der Waals surface area contributed by atoms with Crippen LogP contribution < -0.4 is 5.32 Å². The highest BCUT2D eigenvalue weighted by Gasteiger charge is 2.69. The van der Waals surface area contributed by atoms with Gasteiger partial charge in [-0.05, 0) is 104 Å². The van der Waals surface area contributed by atoms with E-state index in [-0.39, 0.29) is 28.4 Å². The first-order valence-corrected chi connectivity index (χ1v) is 12.3. The van der Waals surface area contributed by atoms with Crippen LogP contribution >= 0.6 is 0 Å². The number of ether oxygens (including phenoxy) is 1. The number of para-hydroxylation sites is 1. The highest BCUT2D eigenvalue weighted by atomic mass is 16.6. The molecule has 1 aromatic rings. The van der Waals surface area contributed by atoms with Crippen LogP contribution in [-0.2, 0) is 4.74 Å². The lowest BCUT2D eigenvalue weighted by Gasteiger charge is -2.66. The third-order valence-electron chi connectivity index (χ3n) is 10.3. The van der Waals surface area contributed by atoms with Crippen molar-refractivity contribution in [3.8, 4) is 0 Å². The molecule has 0 saturated heterocycles. The Morgan fingerprint density at radius 3 is 2.48 bits per heavy atom. The second kappa shape index (κ2) is 6.97. The van der Waals surface area contributed by atoms with E-state index in [0.29, 0.717) is 17.8 Å². The van der Waals surface area contributed by atoms with Gasteiger partial charge in [0.25, 0.3) is 0 Å². The van der Waals surface area contributed by atoms with E-state index >= 15 is 0 Å². The SMILES string of the molecule is CC1(C)C[C@H](OC(=O)Nc2ccccc2)C[C@@]2(C)[C@H]1CC[C@H]1C[C@H]3C[C@]12CC[C@]3(C)O. The fourth-order valence-corrected chi connectivity index (χ4v) is 8.91. The van der Waals surface area contributed by atoms with Crippen molar-refractivity contribution in [1.82, 2.24) is 0 Å². The van der Waals surface area contributed by atoms with Crippen LogP contribution in [0.25, 0.3) is 0 Å². The predicted octanol–water partition coefficient (Wildman–Crippen LogP) is 6.40. The van der Waals surface area contributed by atoms with E-state index in [0.717, 1.165) is 37.8 Å². The molecule has 4 fully saturated rings. The summed E-state index contributed by atoms with van der Waals surface area (Å²) in [6, 6.07) is 9.55. The van der Waals surface area contributed by atoms with E-state index in [1.165, 1.54) is 19.3 Å². The molecule has 0 aliphatic heterocycles. The largest absolute Gasteiger partial charge is 0.446 e. The first-order chi connectivity index (χ1) is 14.6. The number of aliphatic hydroxyl groups is 1. The number of anilines is 1. The van der Waals surface area contributed by atoms with Crippen LogP contribution in [-0.4, -0.2) is 22.9 Å². The van der Waals surface area contributed by atoms with Crippen LogP contribution in [0.5, 0.6) is 0 Å². The van der Waals surface area contributed by atoms with Crippen LogP contribution in [0.1, 0.15) is 79.1 Å². The highest BCUT2D eigenvalue weighted by molar-refractivity contribution is 5.84. The van der Waals surface area contributed by atoms with Gasteiger partial charge in [-0.1, -0.05) is 39.0 Å². The van der Waals surface area contributed by atoms with E-state index in [1.807, 2.05) is 30.3 Å². The number of nitrogens with one attached hydrogen (secondary N) is 1. The Kier molecular flexibility index (Phi) is 4.79. The topological polar surface area (TPSA) is 58.6 Å². The molecule has 7 atom stereocenters. The maximum atomic E-state index is 12.7. The molecule has 2 bridgehead atoms. The molecule has 0 unspecified atom stereocenters. The molecular formula is C27H39NO3. The molecule has 4 aliphatic rings. The summed E-state index contributed by atoms with van der Waals surface area (Å²) in [6.07, 6.45) is 8.41. The molecule has 170 valence electrons. The van der Waals surface area contributed by atoms with E-state index < -0.39 is 5.60 Å². The Morgan fingerprint density at radius 1 is 1.00 bits per heavy atom. The van der Waals surface area contributed by atoms with Crippen molar-refractivity contribution in [3.05, 3.63) is 30.3 Å². The molecule has 4 saturated carbocycles. The van der Waals surface area contributed by atoms with Crippen LogP contribution in [0, 0.1) is 34.0 Å². The van der Waals surface area contributed by atoms with Gasteiger partial charge in [-0.15, -0.1) is 0 Å². The standard InChI is InChI=1S/C27H39NO3/c1-24(2)16-21(31-23(29)28-20-8-6-5-7-9-20)17-25(3)22(24)11-10-18-14-19-15-27(18,25)13-12-26(19,4)30/h5-9,18-19,21-22,30H,10-17H2,1-4H3,(H,28,29)/t18-,19-,21-,22-,25-,26-,27+/m0/s1. The molecule has 4 heteroatoms. The third kappa shape index (κ3) is 3.23. The first-order valence-electron chi connectivity index (χ1n) is 12.3. The van der Waals surface area contributed by atoms with Crippen molar-refractivity contribution in [1.29, 1.82) is 0 Å². The second-order valence-electron chi connectivity index (χ2n) is 12.3. The maximum absolute atomic E-state index is 12.7. The average molecular weight is 426 g/mol.